The maximum absolute atomic E-state index is 13.9. The summed E-state index contributed by atoms with van der Waals surface area (Å²) in [5, 5.41) is 2.91. The quantitative estimate of drug-likeness (QED) is 0.649. The Kier molecular flexibility index (Phi) is 5.06. The SMILES string of the molecule is CCOC(=O)C1=C(NCc2ccccc2F)C2C=C(F)C=CC2=NC1=O. The number of dihydropyridines is 1. The molecule has 1 aromatic rings. The summed E-state index contributed by atoms with van der Waals surface area (Å²) in [5.74, 6) is -3.31. The van der Waals surface area contributed by atoms with E-state index in [0.29, 0.717) is 11.3 Å². The molecule has 3 rings (SSSR count). The molecule has 1 aromatic carbocycles. The number of rotatable bonds is 5. The number of nitrogens with zero attached hydrogens (tertiary/aromatic N) is 1. The number of benzene rings is 1. The van der Waals surface area contributed by atoms with E-state index in [1.807, 2.05) is 0 Å². The number of hydrogen-bond acceptors (Lipinski definition) is 4. The maximum atomic E-state index is 13.9. The lowest BCUT2D eigenvalue weighted by Crippen LogP contribution is -2.35. The molecule has 0 bridgehead atoms. The first-order chi connectivity index (χ1) is 12.5. The van der Waals surface area contributed by atoms with Crippen LogP contribution < -0.4 is 5.32 Å². The molecule has 0 radical (unpaired) electrons. The predicted octanol–water partition coefficient (Wildman–Crippen LogP) is 2.75. The van der Waals surface area contributed by atoms with Gasteiger partial charge < -0.3 is 10.1 Å². The average molecular weight is 358 g/mol. The molecule has 1 N–H and O–H groups in total. The van der Waals surface area contributed by atoms with Crippen molar-refractivity contribution in [1.82, 2.24) is 5.32 Å². The number of carbonyl (C=O) groups is 2. The largest absolute Gasteiger partial charge is 0.462 e. The van der Waals surface area contributed by atoms with Gasteiger partial charge in [-0.2, -0.15) is 0 Å². The van der Waals surface area contributed by atoms with Crippen molar-refractivity contribution in [2.45, 2.75) is 13.5 Å². The normalized spacial score (nSPS) is 18.9. The van der Waals surface area contributed by atoms with Gasteiger partial charge in [-0.25, -0.2) is 18.6 Å². The number of halogens is 2. The zero-order valence-corrected chi connectivity index (χ0v) is 14.0. The number of allylic oxidation sites excluding steroid dienone is 4. The van der Waals surface area contributed by atoms with Gasteiger partial charge in [-0.1, -0.05) is 18.2 Å². The van der Waals surface area contributed by atoms with E-state index in [-0.39, 0.29) is 24.4 Å². The summed E-state index contributed by atoms with van der Waals surface area (Å²) in [6, 6.07) is 6.10. The molecule has 1 aliphatic carbocycles. The fraction of sp³-hybridized carbons (Fsp3) is 0.211. The van der Waals surface area contributed by atoms with E-state index in [1.54, 1.807) is 25.1 Å². The highest BCUT2D eigenvalue weighted by molar-refractivity contribution is 6.24. The highest BCUT2D eigenvalue weighted by Crippen LogP contribution is 2.29. The second-order valence-electron chi connectivity index (χ2n) is 5.66. The number of ether oxygens (including phenoxy) is 1. The molecule has 0 aromatic heterocycles. The van der Waals surface area contributed by atoms with Gasteiger partial charge in [0.1, 0.15) is 17.2 Å². The van der Waals surface area contributed by atoms with Gasteiger partial charge in [-0.3, -0.25) is 4.79 Å². The Hall–Kier alpha value is -3.09. The van der Waals surface area contributed by atoms with Crippen molar-refractivity contribution < 1.29 is 23.1 Å². The molecular weight excluding hydrogens is 342 g/mol. The minimum atomic E-state index is -0.848. The summed E-state index contributed by atoms with van der Waals surface area (Å²) in [7, 11) is 0. The summed E-state index contributed by atoms with van der Waals surface area (Å²) in [4.78, 5) is 28.4. The maximum Gasteiger partial charge on any atom is 0.345 e. The molecule has 1 unspecified atom stereocenters. The Morgan fingerprint density at radius 1 is 1.27 bits per heavy atom. The van der Waals surface area contributed by atoms with E-state index in [4.69, 9.17) is 4.74 Å². The van der Waals surface area contributed by atoms with Crippen LogP contribution in [0.3, 0.4) is 0 Å². The molecule has 0 spiro atoms. The molecule has 7 heteroatoms. The Labute approximate surface area is 148 Å². The molecule has 1 amide bonds. The number of fused-ring (bicyclic) bond motifs is 1. The van der Waals surface area contributed by atoms with Gasteiger partial charge >= 0.3 is 5.97 Å². The van der Waals surface area contributed by atoms with Crippen LogP contribution in [0, 0.1) is 11.7 Å². The standard InChI is InChI=1S/C19H16F2N2O3/c1-2-26-19(25)16-17(22-10-11-5-3-4-6-14(11)21)13-9-12(20)7-8-15(13)23-18(16)24/h3-9,13,22H,2,10H2,1H3. The first-order valence-corrected chi connectivity index (χ1v) is 8.08. The molecule has 1 atom stereocenters. The number of nitrogens with one attached hydrogen (secondary N) is 1. The van der Waals surface area contributed by atoms with Crippen LogP contribution in [0.25, 0.3) is 0 Å². The third kappa shape index (κ3) is 3.46. The lowest BCUT2D eigenvalue weighted by Gasteiger charge is -2.26. The first-order valence-electron chi connectivity index (χ1n) is 8.08. The van der Waals surface area contributed by atoms with Crippen LogP contribution in [0.4, 0.5) is 8.78 Å². The molecule has 5 nitrogen and oxygen atoms in total. The minimum Gasteiger partial charge on any atom is -0.462 e. The zero-order valence-electron chi connectivity index (χ0n) is 14.0. The van der Waals surface area contributed by atoms with Crippen LogP contribution in [0.1, 0.15) is 12.5 Å². The summed E-state index contributed by atoms with van der Waals surface area (Å²) in [6.45, 7) is 1.69. The van der Waals surface area contributed by atoms with E-state index >= 15 is 0 Å². The molecule has 0 saturated heterocycles. The van der Waals surface area contributed by atoms with E-state index in [9.17, 15) is 18.4 Å². The van der Waals surface area contributed by atoms with Gasteiger partial charge in [0.25, 0.3) is 5.91 Å². The number of carbonyl (C=O) groups excluding carboxylic acids is 2. The smallest absolute Gasteiger partial charge is 0.345 e. The summed E-state index contributed by atoms with van der Waals surface area (Å²) in [6.07, 6.45) is 3.81. The van der Waals surface area contributed by atoms with Crippen molar-refractivity contribution in [2.24, 2.45) is 10.9 Å². The lowest BCUT2D eigenvalue weighted by molar-refractivity contribution is -0.140. The van der Waals surface area contributed by atoms with Crippen molar-refractivity contribution in [2.75, 3.05) is 6.61 Å². The van der Waals surface area contributed by atoms with E-state index in [0.717, 1.165) is 0 Å². The summed E-state index contributed by atoms with van der Waals surface area (Å²) in [5.41, 5.74) is 0.508. The summed E-state index contributed by atoms with van der Waals surface area (Å²) < 4.78 is 32.5. The second-order valence-corrected chi connectivity index (χ2v) is 5.66. The Morgan fingerprint density at radius 2 is 2.04 bits per heavy atom. The van der Waals surface area contributed by atoms with Gasteiger partial charge in [0, 0.05) is 17.8 Å². The van der Waals surface area contributed by atoms with Gasteiger partial charge in [0.2, 0.25) is 0 Å². The lowest BCUT2D eigenvalue weighted by atomic mass is 9.88. The van der Waals surface area contributed by atoms with Crippen molar-refractivity contribution in [3.8, 4) is 0 Å². The van der Waals surface area contributed by atoms with Gasteiger partial charge in [-0.05, 0) is 31.2 Å². The fourth-order valence-electron chi connectivity index (χ4n) is 2.78. The van der Waals surface area contributed by atoms with E-state index in [1.165, 1.54) is 24.3 Å². The predicted molar refractivity (Wildman–Crippen MR) is 91.2 cm³/mol. The number of esters is 1. The molecule has 1 heterocycles. The monoisotopic (exact) mass is 358 g/mol. The average Bonchev–Trinajstić information content (AvgIpc) is 2.61. The molecule has 1 aliphatic heterocycles. The van der Waals surface area contributed by atoms with Crippen LogP contribution >= 0.6 is 0 Å². The van der Waals surface area contributed by atoms with E-state index in [2.05, 4.69) is 10.3 Å². The third-order valence-electron chi connectivity index (χ3n) is 3.99. The third-order valence-corrected chi connectivity index (χ3v) is 3.99. The molecule has 2 aliphatic rings. The first kappa shape index (κ1) is 17.7. The van der Waals surface area contributed by atoms with Gasteiger partial charge in [0.15, 0.2) is 0 Å². The van der Waals surface area contributed by atoms with Gasteiger partial charge in [-0.15, -0.1) is 0 Å². The molecular formula is C19H16F2N2O3. The fourth-order valence-corrected chi connectivity index (χ4v) is 2.78. The van der Waals surface area contributed by atoms with Crippen molar-refractivity contribution in [3.63, 3.8) is 0 Å². The van der Waals surface area contributed by atoms with Crippen LogP contribution in [0.2, 0.25) is 0 Å². The van der Waals surface area contributed by atoms with Crippen LogP contribution in [0.5, 0.6) is 0 Å². The Bertz CT molecular complexity index is 885. The van der Waals surface area contributed by atoms with Crippen LogP contribution in [-0.4, -0.2) is 24.2 Å². The summed E-state index contributed by atoms with van der Waals surface area (Å²) >= 11 is 0. The minimum absolute atomic E-state index is 0.0150. The van der Waals surface area contributed by atoms with Crippen molar-refractivity contribution >= 4 is 17.6 Å². The second kappa shape index (κ2) is 7.43. The molecule has 0 saturated carbocycles. The van der Waals surface area contributed by atoms with Crippen LogP contribution in [0.15, 0.2) is 64.6 Å². The number of amides is 1. The highest BCUT2D eigenvalue weighted by atomic mass is 19.1. The highest BCUT2D eigenvalue weighted by Gasteiger charge is 2.35. The number of hydrogen-bond donors (Lipinski definition) is 1. The molecule has 0 fully saturated rings. The Balaban J connectivity index is 1.99. The topological polar surface area (TPSA) is 67.8 Å². The zero-order chi connectivity index (χ0) is 18.7. The molecule has 26 heavy (non-hydrogen) atoms. The van der Waals surface area contributed by atoms with E-state index < -0.39 is 29.4 Å². The molecule has 134 valence electrons. The Morgan fingerprint density at radius 3 is 2.77 bits per heavy atom. The van der Waals surface area contributed by atoms with Crippen molar-refractivity contribution in [3.05, 3.63) is 71.0 Å². The van der Waals surface area contributed by atoms with Crippen molar-refractivity contribution in [1.29, 1.82) is 0 Å². The number of aliphatic imine (C=N–C) groups is 1. The van der Waals surface area contributed by atoms with Crippen LogP contribution in [-0.2, 0) is 20.9 Å². The van der Waals surface area contributed by atoms with Gasteiger partial charge in [0.05, 0.1) is 18.2 Å².